The maximum atomic E-state index is 13.5. The van der Waals surface area contributed by atoms with Crippen molar-refractivity contribution in [3.63, 3.8) is 0 Å². The fourth-order valence-electron chi connectivity index (χ4n) is 1.29. The number of methoxy groups -OCH3 is 1. The van der Waals surface area contributed by atoms with Gasteiger partial charge in [0.15, 0.2) is 17.3 Å². The molecule has 1 unspecified atom stereocenters. The Morgan fingerprint density at radius 1 is 1.53 bits per heavy atom. The van der Waals surface area contributed by atoms with Gasteiger partial charge in [-0.15, -0.1) is 0 Å². The molecular formula is C10H14FNO3. The SMILES string of the molecule is CNCC(O)c1ccc(OC)c(O)c1F. The van der Waals surface area contributed by atoms with Crippen molar-refractivity contribution in [3.05, 3.63) is 23.5 Å². The molecule has 0 aromatic heterocycles. The van der Waals surface area contributed by atoms with E-state index in [1.165, 1.54) is 19.2 Å². The lowest BCUT2D eigenvalue weighted by Gasteiger charge is -2.13. The Morgan fingerprint density at radius 2 is 2.20 bits per heavy atom. The fourth-order valence-corrected chi connectivity index (χ4v) is 1.29. The van der Waals surface area contributed by atoms with Gasteiger partial charge in [-0.2, -0.15) is 0 Å². The van der Waals surface area contributed by atoms with Crippen LogP contribution in [0, 0.1) is 5.82 Å². The summed E-state index contributed by atoms with van der Waals surface area (Å²) in [6.07, 6.45) is -0.994. The normalized spacial score (nSPS) is 12.5. The molecule has 0 saturated heterocycles. The minimum absolute atomic E-state index is 0.0441. The summed E-state index contributed by atoms with van der Waals surface area (Å²) in [5.41, 5.74) is 0.0441. The van der Waals surface area contributed by atoms with E-state index >= 15 is 0 Å². The molecule has 0 aliphatic rings. The monoisotopic (exact) mass is 215 g/mol. The van der Waals surface area contributed by atoms with Gasteiger partial charge in [0.1, 0.15) is 0 Å². The molecule has 4 nitrogen and oxygen atoms in total. The van der Waals surface area contributed by atoms with Crippen molar-refractivity contribution in [3.8, 4) is 11.5 Å². The van der Waals surface area contributed by atoms with Crippen LogP contribution in [0.3, 0.4) is 0 Å². The first kappa shape index (κ1) is 11.7. The van der Waals surface area contributed by atoms with Crippen LogP contribution in [-0.2, 0) is 0 Å². The third-order valence-corrected chi connectivity index (χ3v) is 2.09. The lowest BCUT2D eigenvalue weighted by Crippen LogP contribution is -2.17. The molecule has 1 aromatic rings. The number of likely N-dealkylation sites (N-methyl/N-ethyl adjacent to an activating group) is 1. The maximum Gasteiger partial charge on any atom is 0.194 e. The number of nitrogens with one attached hydrogen (secondary N) is 1. The molecule has 0 saturated carbocycles. The molecule has 0 amide bonds. The Bertz CT molecular complexity index is 344. The summed E-state index contributed by atoms with van der Waals surface area (Å²) in [5.74, 6) is -1.38. The maximum absolute atomic E-state index is 13.5. The fraction of sp³-hybridized carbons (Fsp3) is 0.400. The summed E-state index contributed by atoms with van der Waals surface area (Å²) in [4.78, 5) is 0. The van der Waals surface area contributed by atoms with Gasteiger partial charge >= 0.3 is 0 Å². The summed E-state index contributed by atoms with van der Waals surface area (Å²) in [6, 6.07) is 2.79. The Morgan fingerprint density at radius 3 is 2.73 bits per heavy atom. The van der Waals surface area contributed by atoms with Crippen LogP contribution in [0.2, 0.25) is 0 Å². The van der Waals surface area contributed by atoms with Gasteiger partial charge in [0.2, 0.25) is 0 Å². The number of benzene rings is 1. The number of hydrogen-bond donors (Lipinski definition) is 3. The molecule has 84 valence electrons. The molecule has 0 radical (unpaired) electrons. The molecule has 1 aromatic carbocycles. The molecule has 1 rings (SSSR count). The third-order valence-electron chi connectivity index (χ3n) is 2.09. The van der Waals surface area contributed by atoms with Gasteiger partial charge in [-0.25, -0.2) is 4.39 Å². The first-order valence-electron chi connectivity index (χ1n) is 4.49. The van der Waals surface area contributed by atoms with E-state index in [2.05, 4.69) is 5.32 Å². The first-order valence-corrected chi connectivity index (χ1v) is 4.49. The van der Waals surface area contributed by atoms with Crippen LogP contribution in [0.1, 0.15) is 11.7 Å². The molecule has 15 heavy (non-hydrogen) atoms. The molecule has 0 bridgehead atoms. The summed E-state index contributed by atoms with van der Waals surface area (Å²) in [5, 5.41) is 21.6. The minimum atomic E-state index is -0.994. The Kier molecular flexibility index (Phi) is 3.88. The molecule has 0 aliphatic carbocycles. The van der Waals surface area contributed by atoms with Gasteiger partial charge in [0.25, 0.3) is 0 Å². The molecule has 5 heteroatoms. The predicted molar refractivity (Wildman–Crippen MR) is 53.5 cm³/mol. The molecule has 0 spiro atoms. The molecular weight excluding hydrogens is 201 g/mol. The van der Waals surface area contributed by atoms with Crippen molar-refractivity contribution in [1.29, 1.82) is 0 Å². The average Bonchev–Trinajstić information content (AvgIpc) is 2.22. The van der Waals surface area contributed by atoms with Gasteiger partial charge in [-0.05, 0) is 19.2 Å². The topological polar surface area (TPSA) is 61.7 Å². The first-order chi connectivity index (χ1) is 7.11. The number of ether oxygens (including phenoxy) is 1. The van der Waals surface area contributed by atoms with Crippen LogP contribution in [0.15, 0.2) is 12.1 Å². The van der Waals surface area contributed by atoms with Crippen LogP contribution >= 0.6 is 0 Å². The predicted octanol–water partition coefficient (Wildman–Crippen LogP) is 0.793. The lowest BCUT2D eigenvalue weighted by atomic mass is 10.1. The van der Waals surface area contributed by atoms with Crippen LogP contribution < -0.4 is 10.1 Å². The van der Waals surface area contributed by atoms with Crippen LogP contribution in [-0.4, -0.2) is 30.9 Å². The molecule has 3 N–H and O–H groups in total. The van der Waals surface area contributed by atoms with Crippen molar-refractivity contribution >= 4 is 0 Å². The van der Waals surface area contributed by atoms with E-state index in [1.54, 1.807) is 7.05 Å². The van der Waals surface area contributed by atoms with E-state index in [0.29, 0.717) is 0 Å². The number of halogens is 1. The second-order valence-corrected chi connectivity index (χ2v) is 3.09. The quantitative estimate of drug-likeness (QED) is 0.695. The van der Waals surface area contributed by atoms with E-state index in [1.807, 2.05) is 0 Å². The van der Waals surface area contributed by atoms with E-state index in [0.717, 1.165) is 0 Å². The minimum Gasteiger partial charge on any atom is -0.502 e. The zero-order valence-corrected chi connectivity index (χ0v) is 8.62. The highest BCUT2D eigenvalue weighted by Gasteiger charge is 2.18. The van der Waals surface area contributed by atoms with Gasteiger partial charge < -0.3 is 20.3 Å². The highest BCUT2D eigenvalue weighted by atomic mass is 19.1. The van der Waals surface area contributed by atoms with Crippen LogP contribution in [0.4, 0.5) is 4.39 Å². The lowest BCUT2D eigenvalue weighted by molar-refractivity contribution is 0.171. The highest BCUT2D eigenvalue weighted by Crippen LogP contribution is 2.33. The van der Waals surface area contributed by atoms with Gasteiger partial charge in [0, 0.05) is 12.1 Å². The number of aliphatic hydroxyl groups excluding tert-OH is 1. The van der Waals surface area contributed by atoms with Crippen molar-refractivity contribution in [2.75, 3.05) is 20.7 Å². The number of rotatable bonds is 4. The largest absolute Gasteiger partial charge is 0.502 e. The highest BCUT2D eigenvalue weighted by molar-refractivity contribution is 5.44. The van der Waals surface area contributed by atoms with Crippen molar-refractivity contribution in [2.45, 2.75) is 6.10 Å². The Labute approximate surface area is 87.3 Å². The second kappa shape index (κ2) is 4.95. The third kappa shape index (κ3) is 2.37. The average molecular weight is 215 g/mol. The summed E-state index contributed by atoms with van der Waals surface area (Å²) < 4.78 is 18.2. The number of aliphatic hydroxyl groups is 1. The van der Waals surface area contributed by atoms with Crippen molar-refractivity contribution < 1.29 is 19.3 Å². The number of phenols is 1. The smallest absolute Gasteiger partial charge is 0.194 e. The summed E-state index contributed by atoms with van der Waals surface area (Å²) in [7, 11) is 2.97. The standard InChI is InChI=1S/C10H14FNO3/c1-12-5-7(13)6-3-4-8(15-2)10(14)9(6)11/h3-4,7,12-14H,5H2,1-2H3. The Balaban J connectivity index is 3.06. The van der Waals surface area contributed by atoms with E-state index in [-0.39, 0.29) is 17.9 Å². The summed E-state index contributed by atoms with van der Waals surface area (Å²) in [6.45, 7) is 0.211. The van der Waals surface area contributed by atoms with Gasteiger partial charge in [-0.1, -0.05) is 0 Å². The molecule has 0 aliphatic heterocycles. The number of phenolic OH excluding ortho intramolecular Hbond substituents is 1. The van der Waals surface area contributed by atoms with E-state index in [4.69, 9.17) is 4.74 Å². The molecule has 0 fully saturated rings. The zero-order valence-electron chi connectivity index (χ0n) is 8.62. The number of hydrogen-bond acceptors (Lipinski definition) is 4. The van der Waals surface area contributed by atoms with Gasteiger partial charge in [0.05, 0.1) is 13.2 Å². The zero-order chi connectivity index (χ0) is 11.4. The number of aromatic hydroxyl groups is 1. The molecule has 1 atom stereocenters. The van der Waals surface area contributed by atoms with E-state index < -0.39 is 17.7 Å². The van der Waals surface area contributed by atoms with Crippen molar-refractivity contribution in [1.82, 2.24) is 5.32 Å². The molecule has 0 heterocycles. The van der Waals surface area contributed by atoms with Crippen LogP contribution in [0.25, 0.3) is 0 Å². The summed E-state index contributed by atoms with van der Waals surface area (Å²) >= 11 is 0. The Hall–Kier alpha value is -1.33. The van der Waals surface area contributed by atoms with E-state index in [9.17, 15) is 14.6 Å². The van der Waals surface area contributed by atoms with Gasteiger partial charge in [-0.3, -0.25) is 0 Å². The van der Waals surface area contributed by atoms with Crippen molar-refractivity contribution in [2.24, 2.45) is 0 Å². The second-order valence-electron chi connectivity index (χ2n) is 3.09. The van der Waals surface area contributed by atoms with Crippen LogP contribution in [0.5, 0.6) is 11.5 Å².